The summed E-state index contributed by atoms with van der Waals surface area (Å²) in [5.74, 6) is 0.696. The second-order valence-electron chi connectivity index (χ2n) is 5.39. The lowest BCUT2D eigenvalue weighted by Crippen LogP contribution is -2.48. The molecule has 2 saturated heterocycles. The van der Waals surface area contributed by atoms with Gasteiger partial charge in [0.25, 0.3) is 0 Å². The van der Waals surface area contributed by atoms with E-state index in [2.05, 4.69) is 24.1 Å². The van der Waals surface area contributed by atoms with Crippen molar-refractivity contribution in [3.63, 3.8) is 0 Å². The molecule has 2 aliphatic rings. The van der Waals surface area contributed by atoms with E-state index in [4.69, 9.17) is 9.47 Å². The smallest absolute Gasteiger partial charge is 0.0594 e. The van der Waals surface area contributed by atoms with Gasteiger partial charge < -0.3 is 14.8 Å². The van der Waals surface area contributed by atoms with E-state index in [0.717, 1.165) is 46.1 Å². The summed E-state index contributed by atoms with van der Waals surface area (Å²) < 4.78 is 10.8. The van der Waals surface area contributed by atoms with E-state index < -0.39 is 0 Å². The predicted octanol–water partition coefficient (Wildman–Crippen LogP) is 0.722. The Kier molecular flexibility index (Phi) is 5.22. The van der Waals surface area contributed by atoms with Crippen LogP contribution in [-0.4, -0.2) is 63.0 Å². The number of nitrogens with zero attached hydrogens (tertiary/aromatic N) is 1. The molecule has 0 spiro atoms. The first kappa shape index (κ1) is 13.3. The van der Waals surface area contributed by atoms with Crippen LogP contribution < -0.4 is 5.32 Å². The molecule has 0 saturated carbocycles. The number of rotatable bonds is 5. The van der Waals surface area contributed by atoms with E-state index in [-0.39, 0.29) is 0 Å². The molecular formula is C13H26N2O2. The van der Waals surface area contributed by atoms with Crippen molar-refractivity contribution in [2.75, 3.05) is 46.1 Å². The third-order valence-electron chi connectivity index (χ3n) is 3.86. The van der Waals surface area contributed by atoms with Crippen molar-refractivity contribution in [3.8, 4) is 0 Å². The van der Waals surface area contributed by atoms with Gasteiger partial charge in [-0.15, -0.1) is 0 Å². The van der Waals surface area contributed by atoms with Gasteiger partial charge in [-0.1, -0.05) is 0 Å². The molecular weight excluding hydrogens is 216 g/mol. The summed E-state index contributed by atoms with van der Waals surface area (Å²) >= 11 is 0. The Morgan fingerprint density at radius 1 is 1.18 bits per heavy atom. The van der Waals surface area contributed by atoms with Crippen LogP contribution in [0.3, 0.4) is 0 Å². The first-order chi connectivity index (χ1) is 8.25. The van der Waals surface area contributed by atoms with Gasteiger partial charge in [0.2, 0.25) is 0 Å². The lowest BCUT2D eigenvalue weighted by Gasteiger charge is -2.31. The first-order valence-corrected chi connectivity index (χ1v) is 6.89. The topological polar surface area (TPSA) is 33.7 Å². The molecule has 0 amide bonds. The third-order valence-corrected chi connectivity index (χ3v) is 3.86. The standard InChI is InChI=1S/C13H26N2O2/c1-11(9-15-4-7-16-8-5-15)14-12(2)13-3-6-17-10-13/h11-14H,3-10H2,1-2H3. The van der Waals surface area contributed by atoms with Crippen molar-refractivity contribution in [2.45, 2.75) is 32.4 Å². The van der Waals surface area contributed by atoms with Gasteiger partial charge in [-0.25, -0.2) is 0 Å². The largest absolute Gasteiger partial charge is 0.381 e. The Morgan fingerprint density at radius 2 is 1.94 bits per heavy atom. The predicted molar refractivity (Wildman–Crippen MR) is 68.2 cm³/mol. The molecule has 0 aromatic carbocycles. The maximum Gasteiger partial charge on any atom is 0.0594 e. The van der Waals surface area contributed by atoms with Gasteiger partial charge in [0.05, 0.1) is 19.8 Å². The minimum absolute atomic E-state index is 0.545. The highest BCUT2D eigenvalue weighted by Gasteiger charge is 2.23. The van der Waals surface area contributed by atoms with Crippen molar-refractivity contribution in [1.29, 1.82) is 0 Å². The summed E-state index contributed by atoms with van der Waals surface area (Å²) in [5.41, 5.74) is 0. The molecule has 17 heavy (non-hydrogen) atoms. The van der Waals surface area contributed by atoms with Crippen LogP contribution in [0.2, 0.25) is 0 Å². The molecule has 2 aliphatic heterocycles. The van der Waals surface area contributed by atoms with Gasteiger partial charge >= 0.3 is 0 Å². The van der Waals surface area contributed by atoms with Gasteiger partial charge in [-0.2, -0.15) is 0 Å². The number of ether oxygens (including phenoxy) is 2. The van der Waals surface area contributed by atoms with Gasteiger partial charge in [-0.05, 0) is 26.2 Å². The Morgan fingerprint density at radius 3 is 2.59 bits per heavy atom. The summed E-state index contributed by atoms with van der Waals surface area (Å²) in [7, 11) is 0. The molecule has 2 rings (SSSR count). The van der Waals surface area contributed by atoms with Crippen LogP contribution in [0, 0.1) is 5.92 Å². The van der Waals surface area contributed by atoms with Crippen molar-refractivity contribution in [3.05, 3.63) is 0 Å². The molecule has 0 aromatic heterocycles. The van der Waals surface area contributed by atoms with E-state index in [9.17, 15) is 0 Å². The van der Waals surface area contributed by atoms with Crippen LogP contribution in [0.5, 0.6) is 0 Å². The zero-order chi connectivity index (χ0) is 12.1. The van der Waals surface area contributed by atoms with Gasteiger partial charge in [-0.3, -0.25) is 4.90 Å². The minimum Gasteiger partial charge on any atom is -0.381 e. The highest BCUT2D eigenvalue weighted by Crippen LogP contribution is 2.16. The van der Waals surface area contributed by atoms with Crippen LogP contribution in [0.4, 0.5) is 0 Å². The quantitative estimate of drug-likeness (QED) is 0.770. The van der Waals surface area contributed by atoms with Crippen LogP contribution in [-0.2, 0) is 9.47 Å². The number of hydrogen-bond acceptors (Lipinski definition) is 4. The molecule has 0 aromatic rings. The Labute approximate surface area is 105 Å². The van der Waals surface area contributed by atoms with E-state index in [1.54, 1.807) is 0 Å². The number of hydrogen-bond donors (Lipinski definition) is 1. The molecule has 4 nitrogen and oxygen atoms in total. The maximum atomic E-state index is 5.44. The average Bonchev–Trinajstić information content (AvgIpc) is 2.83. The monoisotopic (exact) mass is 242 g/mol. The minimum atomic E-state index is 0.545. The fraction of sp³-hybridized carbons (Fsp3) is 1.00. The van der Waals surface area contributed by atoms with Crippen LogP contribution in [0.1, 0.15) is 20.3 Å². The number of morpholine rings is 1. The lowest BCUT2D eigenvalue weighted by atomic mass is 10.00. The van der Waals surface area contributed by atoms with Crippen LogP contribution in [0.25, 0.3) is 0 Å². The molecule has 2 heterocycles. The van der Waals surface area contributed by atoms with E-state index in [1.165, 1.54) is 6.42 Å². The summed E-state index contributed by atoms with van der Waals surface area (Å²) in [6.07, 6.45) is 1.21. The van der Waals surface area contributed by atoms with Crippen LogP contribution >= 0.6 is 0 Å². The normalized spacial score (nSPS) is 30.4. The second-order valence-corrected chi connectivity index (χ2v) is 5.39. The Balaban J connectivity index is 1.66. The highest BCUT2D eigenvalue weighted by molar-refractivity contribution is 4.79. The van der Waals surface area contributed by atoms with Crippen molar-refractivity contribution in [2.24, 2.45) is 5.92 Å². The first-order valence-electron chi connectivity index (χ1n) is 6.89. The Bertz CT molecular complexity index is 213. The molecule has 0 bridgehead atoms. The van der Waals surface area contributed by atoms with E-state index >= 15 is 0 Å². The lowest BCUT2D eigenvalue weighted by molar-refractivity contribution is 0.0335. The average molecular weight is 242 g/mol. The summed E-state index contributed by atoms with van der Waals surface area (Å²) in [4.78, 5) is 2.49. The summed E-state index contributed by atoms with van der Waals surface area (Å²) in [5, 5.41) is 3.71. The molecule has 3 atom stereocenters. The van der Waals surface area contributed by atoms with Crippen molar-refractivity contribution < 1.29 is 9.47 Å². The Hall–Kier alpha value is -0.160. The van der Waals surface area contributed by atoms with E-state index in [0.29, 0.717) is 18.0 Å². The fourth-order valence-electron chi connectivity index (χ4n) is 2.76. The molecule has 2 fully saturated rings. The van der Waals surface area contributed by atoms with Crippen molar-refractivity contribution >= 4 is 0 Å². The van der Waals surface area contributed by atoms with Crippen molar-refractivity contribution in [1.82, 2.24) is 10.2 Å². The molecule has 0 radical (unpaired) electrons. The molecule has 4 heteroatoms. The zero-order valence-corrected chi connectivity index (χ0v) is 11.2. The molecule has 3 unspecified atom stereocenters. The summed E-state index contributed by atoms with van der Waals surface area (Å²) in [6, 6.07) is 1.11. The molecule has 1 N–H and O–H groups in total. The van der Waals surface area contributed by atoms with Gasteiger partial charge in [0, 0.05) is 38.3 Å². The molecule has 100 valence electrons. The maximum absolute atomic E-state index is 5.44. The fourth-order valence-corrected chi connectivity index (χ4v) is 2.76. The third kappa shape index (κ3) is 4.21. The second kappa shape index (κ2) is 6.69. The molecule has 0 aliphatic carbocycles. The number of nitrogens with one attached hydrogen (secondary N) is 1. The van der Waals surface area contributed by atoms with E-state index in [1.807, 2.05) is 0 Å². The van der Waals surface area contributed by atoms with Crippen LogP contribution in [0.15, 0.2) is 0 Å². The van der Waals surface area contributed by atoms with Gasteiger partial charge in [0.15, 0.2) is 0 Å². The SMILES string of the molecule is CC(CN1CCOCC1)NC(C)C1CCOC1. The zero-order valence-electron chi connectivity index (χ0n) is 11.2. The highest BCUT2D eigenvalue weighted by atomic mass is 16.5. The summed E-state index contributed by atoms with van der Waals surface area (Å²) in [6.45, 7) is 11.5. The van der Waals surface area contributed by atoms with Gasteiger partial charge in [0.1, 0.15) is 0 Å².